The number of imide groups is 1. The molecule has 2 heterocycles. The largest absolute Gasteiger partial charge is 0.550 e. The Kier molecular flexibility index (Phi) is 5.07. The molecule has 1 atom stereocenters. The quantitative estimate of drug-likeness (QED) is 0.531. The van der Waals surface area contributed by atoms with Crippen LogP contribution in [-0.4, -0.2) is 76.6 Å². The van der Waals surface area contributed by atoms with E-state index < -0.39 is 41.8 Å². The van der Waals surface area contributed by atoms with Gasteiger partial charge in [0.15, 0.2) is 0 Å². The number of hydrogen-bond acceptors (Lipinski definition) is 6. The molecule has 0 radical (unpaired) electrons. The Hall–Kier alpha value is -2.65. The molecule has 2 saturated heterocycles. The maximum absolute atomic E-state index is 12.8. The number of piperazine rings is 1. The molecule has 0 bridgehead atoms. The van der Waals surface area contributed by atoms with Gasteiger partial charge < -0.3 is 25.4 Å². The monoisotopic (exact) mass is 379 g/mol. The molecule has 0 aromatic heterocycles. The third-order valence-corrected chi connectivity index (χ3v) is 5.78. The summed E-state index contributed by atoms with van der Waals surface area (Å²) in [7, 11) is 0. The average molecular weight is 379 g/mol. The molecule has 0 spiro atoms. The highest BCUT2D eigenvalue weighted by atomic mass is 16.4. The molecule has 3 rings (SSSR count). The van der Waals surface area contributed by atoms with E-state index in [4.69, 9.17) is 5.73 Å². The first-order chi connectivity index (χ1) is 12.7. The Morgan fingerprint density at radius 1 is 1.11 bits per heavy atom. The number of nitrogens with zero attached hydrogens (tertiary/aromatic N) is 3. The molecule has 5 amide bonds. The van der Waals surface area contributed by atoms with E-state index in [9.17, 15) is 29.1 Å². The van der Waals surface area contributed by atoms with Crippen LogP contribution in [-0.2, 0) is 19.2 Å². The molecule has 3 aliphatic rings. The van der Waals surface area contributed by atoms with Gasteiger partial charge in [-0.2, -0.15) is 0 Å². The topological polar surface area (TPSA) is 144 Å². The Morgan fingerprint density at radius 2 is 1.78 bits per heavy atom. The SMILES string of the molecule is NC(=O)CN1C(=O)[C@@H]2CN(C(=O)CC3(CC(=O)[O-])CCCC3)CCN2C1=O. The Balaban J connectivity index is 1.67. The second kappa shape index (κ2) is 7.16. The van der Waals surface area contributed by atoms with E-state index in [1.54, 1.807) is 0 Å². The molecule has 2 aliphatic heterocycles. The van der Waals surface area contributed by atoms with Gasteiger partial charge in [0, 0.05) is 25.5 Å². The van der Waals surface area contributed by atoms with Gasteiger partial charge in [0.05, 0.1) is 6.54 Å². The molecule has 10 nitrogen and oxygen atoms in total. The standard InChI is InChI=1S/C17H24N4O6/c18-12(22)10-21-15(26)11-9-19(5-6-20(11)16(21)27)13(23)7-17(8-14(24)25)3-1-2-4-17/h11H,1-10H2,(H2,18,22)(H,24,25)/p-1/t11-/m0/s1. The number of primary amides is 1. The smallest absolute Gasteiger partial charge is 0.328 e. The van der Waals surface area contributed by atoms with Crippen molar-refractivity contribution in [3.8, 4) is 0 Å². The molecule has 0 aromatic rings. The number of carbonyl (C=O) groups excluding carboxylic acids is 5. The number of hydrogen-bond donors (Lipinski definition) is 1. The molecule has 10 heteroatoms. The van der Waals surface area contributed by atoms with Crippen LogP contribution >= 0.6 is 0 Å². The van der Waals surface area contributed by atoms with Gasteiger partial charge in [-0.3, -0.25) is 19.3 Å². The number of urea groups is 1. The van der Waals surface area contributed by atoms with Crippen molar-refractivity contribution in [2.45, 2.75) is 44.6 Å². The second-order valence-electron chi connectivity index (χ2n) is 7.65. The summed E-state index contributed by atoms with van der Waals surface area (Å²) in [5.41, 5.74) is 4.50. The average Bonchev–Trinajstić information content (AvgIpc) is 3.12. The van der Waals surface area contributed by atoms with Crippen molar-refractivity contribution in [1.29, 1.82) is 0 Å². The van der Waals surface area contributed by atoms with Gasteiger partial charge in [0.2, 0.25) is 11.8 Å². The minimum atomic E-state index is -1.16. The summed E-state index contributed by atoms with van der Waals surface area (Å²) < 4.78 is 0. The fourth-order valence-corrected chi connectivity index (χ4v) is 4.46. The van der Waals surface area contributed by atoms with Gasteiger partial charge in [-0.05, 0) is 24.7 Å². The van der Waals surface area contributed by atoms with Crippen molar-refractivity contribution < 1.29 is 29.1 Å². The minimum absolute atomic E-state index is 0.0417. The van der Waals surface area contributed by atoms with Crippen molar-refractivity contribution in [2.24, 2.45) is 11.1 Å². The van der Waals surface area contributed by atoms with Gasteiger partial charge >= 0.3 is 6.03 Å². The van der Waals surface area contributed by atoms with Crippen molar-refractivity contribution in [3.63, 3.8) is 0 Å². The molecule has 3 fully saturated rings. The van der Waals surface area contributed by atoms with Crippen LogP contribution in [0.2, 0.25) is 0 Å². The van der Waals surface area contributed by atoms with E-state index in [0.29, 0.717) is 12.8 Å². The first-order valence-corrected chi connectivity index (χ1v) is 9.10. The lowest BCUT2D eigenvalue weighted by Gasteiger charge is -2.38. The number of carboxylic acids is 1. The van der Waals surface area contributed by atoms with Crippen LogP contribution in [0.25, 0.3) is 0 Å². The van der Waals surface area contributed by atoms with Crippen LogP contribution in [0, 0.1) is 5.41 Å². The highest BCUT2D eigenvalue weighted by Crippen LogP contribution is 2.44. The number of aliphatic carboxylic acids is 1. The number of carboxylic acid groups (broad SMARTS) is 1. The van der Waals surface area contributed by atoms with Crippen LogP contribution in [0.15, 0.2) is 0 Å². The maximum atomic E-state index is 12.8. The lowest BCUT2D eigenvalue weighted by atomic mass is 9.79. The van der Waals surface area contributed by atoms with E-state index in [1.807, 2.05) is 0 Å². The third kappa shape index (κ3) is 3.74. The maximum Gasteiger partial charge on any atom is 0.328 e. The van der Waals surface area contributed by atoms with E-state index in [1.165, 1.54) is 9.80 Å². The first-order valence-electron chi connectivity index (χ1n) is 9.10. The predicted molar refractivity (Wildman–Crippen MR) is 88.5 cm³/mol. The van der Waals surface area contributed by atoms with Crippen molar-refractivity contribution in [1.82, 2.24) is 14.7 Å². The van der Waals surface area contributed by atoms with E-state index in [0.717, 1.165) is 17.7 Å². The van der Waals surface area contributed by atoms with Crippen molar-refractivity contribution in [3.05, 3.63) is 0 Å². The Bertz CT molecular complexity index is 687. The highest BCUT2D eigenvalue weighted by molar-refractivity contribution is 6.06. The summed E-state index contributed by atoms with van der Waals surface area (Å²) in [6.07, 6.45) is 3.05. The van der Waals surface area contributed by atoms with Crippen LogP contribution in [0.4, 0.5) is 4.79 Å². The summed E-state index contributed by atoms with van der Waals surface area (Å²) in [6, 6.07) is -1.39. The number of carbonyl (C=O) groups is 5. The minimum Gasteiger partial charge on any atom is -0.550 e. The Labute approximate surface area is 156 Å². The summed E-state index contributed by atoms with van der Waals surface area (Å²) in [4.78, 5) is 63.3. The molecule has 1 aliphatic carbocycles. The van der Waals surface area contributed by atoms with Gasteiger partial charge in [-0.1, -0.05) is 12.8 Å². The number of fused-ring (bicyclic) bond motifs is 1. The molecule has 0 unspecified atom stereocenters. The Morgan fingerprint density at radius 3 is 2.37 bits per heavy atom. The van der Waals surface area contributed by atoms with Crippen LogP contribution < -0.4 is 10.8 Å². The van der Waals surface area contributed by atoms with Gasteiger partial charge in [-0.25, -0.2) is 4.79 Å². The van der Waals surface area contributed by atoms with Crippen LogP contribution in [0.1, 0.15) is 38.5 Å². The van der Waals surface area contributed by atoms with Crippen LogP contribution in [0.3, 0.4) is 0 Å². The second-order valence-corrected chi connectivity index (χ2v) is 7.65. The lowest BCUT2D eigenvalue weighted by molar-refractivity contribution is -0.308. The van der Waals surface area contributed by atoms with E-state index >= 15 is 0 Å². The number of nitrogens with two attached hydrogens (primary N) is 1. The van der Waals surface area contributed by atoms with Crippen molar-refractivity contribution in [2.75, 3.05) is 26.2 Å². The van der Waals surface area contributed by atoms with Gasteiger partial charge in [0.1, 0.15) is 12.6 Å². The normalized spacial score (nSPS) is 24.3. The van der Waals surface area contributed by atoms with Gasteiger partial charge in [0.25, 0.3) is 5.91 Å². The van der Waals surface area contributed by atoms with Crippen molar-refractivity contribution >= 4 is 29.7 Å². The zero-order chi connectivity index (χ0) is 19.8. The summed E-state index contributed by atoms with van der Waals surface area (Å²) in [5, 5.41) is 11.1. The molecule has 148 valence electrons. The third-order valence-electron chi connectivity index (χ3n) is 5.78. The zero-order valence-corrected chi connectivity index (χ0v) is 15.0. The molecular formula is C17H23N4O6-. The molecule has 2 N–H and O–H groups in total. The summed E-state index contributed by atoms with van der Waals surface area (Å²) >= 11 is 0. The fraction of sp³-hybridized carbons (Fsp3) is 0.706. The highest BCUT2D eigenvalue weighted by Gasteiger charge is 2.49. The predicted octanol–water partition coefficient (Wildman–Crippen LogP) is -1.96. The number of amides is 5. The molecule has 0 aromatic carbocycles. The van der Waals surface area contributed by atoms with E-state index in [2.05, 4.69) is 0 Å². The number of rotatable bonds is 6. The molecule has 27 heavy (non-hydrogen) atoms. The molecular weight excluding hydrogens is 356 g/mol. The summed E-state index contributed by atoms with van der Waals surface area (Å²) in [5.74, 6) is -2.70. The van der Waals surface area contributed by atoms with Crippen LogP contribution in [0.5, 0.6) is 0 Å². The van der Waals surface area contributed by atoms with Gasteiger partial charge in [-0.15, -0.1) is 0 Å². The molecule has 1 saturated carbocycles. The first kappa shape index (κ1) is 19.1. The fourth-order valence-electron chi connectivity index (χ4n) is 4.46. The zero-order valence-electron chi connectivity index (χ0n) is 15.0. The summed E-state index contributed by atoms with van der Waals surface area (Å²) in [6.45, 7) is 0.0112. The van der Waals surface area contributed by atoms with E-state index in [-0.39, 0.29) is 38.4 Å². The lowest BCUT2D eigenvalue weighted by Crippen LogP contribution is -2.55.